The number of carboxylic acids is 1. The number of rotatable bonds is 3. The number of carbonyl (C=O) groups is 1. The second kappa shape index (κ2) is 6.68. The maximum Gasteiger partial charge on any atom is 0.336 e. The summed E-state index contributed by atoms with van der Waals surface area (Å²) >= 11 is 0. The highest BCUT2D eigenvalue weighted by atomic mass is 16.4. The van der Waals surface area contributed by atoms with E-state index < -0.39 is 5.97 Å². The first kappa shape index (κ1) is 16.8. The molecule has 5 rings (SSSR count). The largest absolute Gasteiger partial charge is 0.478 e. The molecule has 3 atom stereocenters. The first-order chi connectivity index (χ1) is 13.7. The summed E-state index contributed by atoms with van der Waals surface area (Å²) in [6, 6.07) is 24.2. The zero-order chi connectivity index (χ0) is 19.1. The van der Waals surface area contributed by atoms with E-state index in [0.717, 1.165) is 28.8 Å². The van der Waals surface area contributed by atoms with E-state index in [-0.39, 0.29) is 6.04 Å². The molecule has 1 aliphatic carbocycles. The predicted molar refractivity (Wildman–Crippen MR) is 112 cm³/mol. The molecule has 3 aromatic carbocycles. The van der Waals surface area contributed by atoms with Gasteiger partial charge in [-0.15, -0.1) is 0 Å². The summed E-state index contributed by atoms with van der Waals surface area (Å²) in [7, 11) is 0. The second-order valence-electron chi connectivity index (χ2n) is 7.50. The molecule has 3 aromatic rings. The molecule has 2 aliphatic rings. The Morgan fingerprint density at radius 1 is 0.893 bits per heavy atom. The van der Waals surface area contributed by atoms with Crippen molar-refractivity contribution in [1.29, 1.82) is 0 Å². The van der Waals surface area contributed by atoms with Gasteiger partial charge in [-0.3, -0.25) is 0 Å². The van der Waals surface area contributed by atoms with Gasteiger partial charge in [0, 0.05) is 17.2 Å². The molecule has 1 heterocycles. The molecule has 138 valence electrons. The number of para-hydroxylation sites is 1. The minimum atomic E-state index is -0.873. The van der Waals surface area contributed by atoms with Crippen LogP contribution in [0, 0.1) is 5.92 Å². The lowest BCUT2D eigenvalue weighted by Crippen LogP contribution is -2.30. The number of fused-ring (bicyclic) bond motifs is 3. The van der Waals surface area contributed by atoms with Gasteiger partial charge in [-0.2, -0.15) is 0 Å². The van der Waals surface area contributed by atoms with Gasteiger partial charge in [0.25, 0.3) is 0 Å². The van der Waals surface area contributed by atoms with E-state index in [1.807, 2.05) is 30.3 Å². The summed E-state index contributed by atoms with van der Waals surface area (Å²) in [5.41, 5.74) is 5.98. The minimum Gasteiger partial charge on any atom is -0.478 e. The molecule has 0 aromatic heterocycles. The van der Waals surface area contributed by atoms with Crippen LogP contribution in [0.4, 0.5) is 5.69 Å². The lowest BCUT2D eigenvalue weighted by molar-refractivity contribution is 0.0694. The number of carboxylic acid groups (broad SMARTS) is 1. The highest BCUT2D eigenvalue weighted by Crippen LogP contribution is 2.52. The average Bonchev–Trinajstić information content (AvgIpc) is 3.23. The SMILES string of the molecule is O=C(O)c1ccccc1[C@@H]1Nc2c(-c3ccccc3)cccc2[C@H]2C=CC[C@H]21. The van der Waals surface area contributed by atoms with Crippen molar-refractivity contribution in [2.24, 2.45) is 5.92 Å². The van der Waals surface area contributed by atoms with Crippen LogP contribution in [-0.4, -0.2) is 11.1 Å². The van der Waals surface area contributed by atoms with Crippen molar-refractivity contribution < 1.29 is 9.90 Å². The molecular formula is C25H21NO2. The molecule has 2 N–H and O–H groups in total. The van der Waals surface area contributed by atoms with E-state index in [9.17, 15) is 9.90 Å². The van der Waals surface area contributed by atoms with Crippen molar-refractivity contribution >= 4 is 11.7 Å². The van der Waals surface area contributed by atoms with Crippen LogP contribution in [0.25, 0.3) is 11.1 Å². The predicted octanol–water partition coefficient (Wildman–Crippen LogP) is 5.88. The van der Waals surface area contributed by atoms with E-state index in [1.54, 1.807) is 12.1 Å². The van der Waals surface area contributed by atoms with Gasteiger partial charge in [0.15, 0.2) is 0 Å². The Labute approximate surface area is 164 Å². The number of allylic oxidation sites excluding steroid dienone is 2. The number of nitrogens with one attached hydrogen (secondary N) is 1. The highest BCUT2D eigenvalue weighted by Gasteiger charge is 2.39. The topological polar surface area (TPSA) is 49.3 Å². The number of anilines is 1. The van der Waals surface area contributed by atoms with E-state index in [2.05, 4.69) is 47.8 Å². The van der Waals surface area contributed by atoms with Crippen LogP contribution in [0.5, 0.6) is 0 Å². The summed E-state index contributed by atoms with van der Waals surface area (Å²) in [5.74, 6) is -0.257. The van der Waals surface area contributed by atoms with E-state index in [4.69, 9.17) is 0 Å². The zero-order valence-electron chi connectivity index (χ0n) is 15.4. The van der Waals surface area contributed by atoms with Crippen LogP contribution in [0.2, 0.25) is 0 Å². The first-order valence-electron chi connectivity index (χ1n) is 9.68. The summed E-state index contributed by atoms with van der Waals surface area (Å²) in [5, 5.41) is 13.5. The van der Waals surface area contributed by atoms with Crippen molar-refractivity contribution in [3.63, 3.8) is 0 Å². The zero-order valence-corrected chi connectivity index (χ0v) is 15.4. The van der Waals surface area contributed by atoms with Gasteiger partial charge in [-0.05, 0) is 35.1 Å². The van der Waals surface area contributed by atoms with Crippen LogP contribution < -0.4 is 5.32 Å². The third kappa shape index (κ3) is 2.63. The van der Waals surface area contributed by atoms with Crippen LogP contribution in [0.1, 0.15) is 39.9 Å². The molecule has 3 heteroatoms. The van der Waals surface area contributed by atoms with E-state index >= 15 is 0 Å². The van der Waals surface area contributed by atoms with Crippen molar-refractivity contribution in [2.45, 2.75) is 18.4 Å². The van der Waals surface area contributed by atoms with Gasteiger partial charge >= 0.3 is 5.97 Å². The molecule has 1 aliphatic heterocycles. The third-order valence-electron chi connectivity index (χ3n) is 6.01. The Bertz CT molecular complexity index is 1070. The quantitative estimate of drug-likeness (QED) is 0.569. The minimum absolute atomic E-state index is 0.0373. The molecule has 28 heavy (non-hydrogen) atoms. The maximum absolute atomic E-state index is 11.8. The van der Waals surface area contributed by atoms with Gasteiger partial charge in [0.1, 0.15) is 0 Å². The maximum atomic E-state index is 11.8. The smallest absolute Gasteiger partial charge is 0.336 e. The van der Waals surface area contributed by atoms with E-state index in [0.29, 0.717) is 17.4 Å². The van der Waals surface area contributed by atoms with E-state index in [1.165, 1.54) is 5.56 Å². The summed E-state index contributed by atoms with van der Waals surface area (Å²) in [6.07, 6.45) is 5.47. The fraction of sp³-hybridized carbons (Fsp3) is 0.160. The molecule has 0 amide bonds. The van der Waals surface area contributed by atoms with Crippen molar-refractivity contribution in [3.05, 3.63) is 102 Å². The fourth-order valence-electron chi connectivity index (χ4n) is 4.75. The van der Waals surface area contributed by atoms with Gasteiger partial charge < -0.3 is 10.4 Å². The molecule has 0 unspecified atom stereocenters. The summed E-state index contributed by atoms with van der Waals surface area (Å²) < 4.78 is 0. The number of hydrogen-bond acceptors (Lipinski definition) is 2. The summed E-state index contributed by atoms with van der Waals surface area (Å²) in [6.45, 7) is 0. The van der Waals surface area contributed by atoms with Crippen LogP contribution >= 0.6 is 0 Å². The van der Waals surface area contributed by atoms with Crippen LogP contribution in [0.15, 0.2) is 84.9 Å². The summed E-state index contributed by atoms with van der Waals surface area (Å²) in [4.78, 5) is 11.8. The Balaban J connectivity index is 1.68. The monoisotopic (exact) mass is 367 g/mol. The first-order valence-corrected chi connectivity index (χ1v) is 9.68. The van der Waals surface area contributed by atoms with Crippen molar-refractivity contribution in [2.75, 3.05) is 5.32 Å². The second-order valence-corrected chi connectivity index (χ2v) is 7.50. The van der Waals surface area contributed by atoms with Gasteiger partial charge in [-0.1, -0.05) is 78.9 Å². The molecule has 3 nitrogen and oxygen atoms in total. The Morgan fingerprint density at radius 3 is 2.46 bits per heavy atom. The standard InChI is InChI=1S/C25H21NO2/c27-25(28)22-11-5-4-10-21(22)24-20-15-7-13-18(20)19-14-6-12-17(23(19)26-24)16-8-2-1-3-9-16/h1-14,18,20,24,26H,15H2,(H,27,28)/t18-,20-,24-/m1/s1. The van der Waals surface area contributed by atoms with Crippen molar-refractivity contribution in [3.8, 4) is 11.1 Å². The molecule has 0 spiro atoms. The number of benzene rings is 3. The fourth-order valence-corrected chi connectivity index (χ4v) is 4.75. The molecule has 0 bridgehead atoms. The van der Waals surface area contributed by atoms with Crippen molar-refractivity contribution in [1.82, 2.24) is 0 Å². The third-order valence-corrected chi connectivity index (χ3v) is 6.01. The lowest BCUT2D eigenvalue weighted by Gasteiger charge is -2.39. The van der Waals surface area contributed by atoms with Crippen LogP contribution in [0.3, 0.4) is 0 Å². The number of hydrogen-bond donors (Lipinski definition) is 2. The van der Waals surface area contributed by atoms with Gasteiger partial charge in [0.2, 0.25) is 0 Å². The lowest BCUT2D eigenvalue weighted by atomic mass is 9.75. The van der Waals surface area contributed by atoms with Gasteiger partial charge in [0.05, 0.1) is 11.6 Å². The molecule has 0 radical (unpaired) electrons. The molecule has 0 saturated carbocycles. The number of aromatic carboxylic acids is 1. The normalized spacial score (nSPS) is 22.2. The molecule has 0 fully saturated rings. The Morgan fingerprint density at radius 2 is 1.64 bits per heavy atom. The highest BCUT2D eigenvalue weighted by molar-refractivity contribution is 5.90. The van der Waals surface area contributed by atoms with Crippen LogP contribution in [-0.2, 0) is 0 Å². The molecular weight excluding hydrogens is 346 g/mol. The molecule has 0 saturated heterocycles. The Kier molecular flexibility index (Phi) is 4.01. The Hall–Kier alpha value is -3.33. The average molecular weight is 367 g/mol. The van der Waals surface area contributed by atoms with Gasteiger partial charge in [-0.25, -0.2) is 4.79 Å².